The Morgan fingerprint density at radius 2 is 1.87 bits per heavy atom. The van der Waals surface area contributed by atoms with Gasteiger partial charge in [0, 0.05) is 17.0 Å². The van der Waals surface area contributed by atoms with Crippen LogP contribution >= 0.6 is 22.6 Å². The molecule has 0 radical (unpaired) electrons. The van der Waals surface area contributed by atoms with E-state index in [1.54, 1.807) is 13.1 Å². The second kappa shape index (κ2) is 6.19. The third kappa shape index (κ3) is 3.17. The molecule has 1 aliphatic heterocycles. The van der Waals surface area contributed by atoms with E-state index in [4.69, 9.17) is 0 Å². The van der Waals surface area contributed by atoms with Gasteiger partial charge in [-0.1, -0.05) is 12.1 Å². The summed E-state index contributed by atoms with van der Waals surface area (Å²) in [6.07, 6.45) is 0.422. The Morgan fingerprint density at radius 1 is 1.17 bits per heavy atom. The first-order chi connectivity index (χ1) is 11.0. The van der Waals surface area contributed by atoms with E-state index in [-0.39, 0.29) is 17.6 Å². The highest BCUT2D eigenvalue weighted by Crippen LogP contribution is 2.27. The molecule has 1 atom stereocenters. The minimum absolute atomic E-state index is 0.00386. The van der Waals surface area contributed by atoms with Crippen molar-refractivity contribution in [3.63, 3.8) is 0 Å². The number of aromatic hydroxyl groups is 1. The molecule has 1 heterocycles. The first-order valence-corrected chi connectivity index (χ1v) is 8.19. The molecular weight excluding hydrogens is 407 g/mol. The molecule has 2 N–H and O–H groups in total. The number of carbonyl (C=O) groups excluding carboxylic acids is 2. The molecule has 3 rings (SSSR count). The summed E-state index contributed by atoms with van der Waals surface area (Å²) < 4.78 is 1.11. The van der Waals surface area contributed by atoms with E-state index in [0.29, 0.717) is 17.7 Å². The molecule has 0 spiro atoms. The number of likely N-dealkylation sites (N-methyl/N-ethyl adjacent to an activating group) is 1. The number of hydrogen-bond donors (Lipinski definition) is 2. The molecule has 1 aliphatic rings. The van der Waals surface area contributed by atoms with Gasteiger partial charge in [-0.3, -0.25) is 9.59 Å². The fourth-order valence-corrected chi connectivity index (χ4v) is 3.00. The molecule has 2 amide bonds. The van der Waals surface area contributed by atoms with Gasteiger partial charge in [-0.05, 0) is 58.5 Å². The number of anilines is 1. The Kier molecular flexibility index (Phi) is 4.25. The number of carbonyl (C=O) groups is 2. The number of nitrogens with one attached hydrogen (secondary N) is 1. The molecule has 0 saturated carbocycles. The Labute approximate surface area is 147 Å². The second-order valence-corrected chi connectivity index (χ2v) is 6.70. The van der Waals surface area contributed by atoms with E-state index < -0.39 is 6.04 Å². The van der Waals surface area contributed by atoms with Crippen molar-refractivity contribution < 1.29 is 14.7 Å². The quantitative estimate of drug-likeness (QED) is 0.731. The maximum Gasteiger partial charge on any atom is 0.254 e. The van der Waals surface area contributed by atoms with Crippen LogP contribution in [0.2, 0.25) is 0 Å². The van der Waals surface area contributed by atoms with Gasteiger partial charge < -0.3 is 15.3 Å². The van der Waals surface area contributed by atoms with Gasteiger partial charge >= 0.3 is 0 Å². The number of benzene rings is 2. The van der Waals surface area contributed by atoms with Crippen LogP contribution in [0.15, 0.2) is 42.5 Å². The topological polar surface area (TPSA) is 69.6 Å². The van der Waals surface area contributed by atoms with E-state index in [9.17, 15) is 14.7 Å². The highest BCUT2D eigenvalue weighted by atomic mass is 127. The van der Waals surface area contributed by atoms with Crippen LogP contribution in [0.3, 0.4) is 0 Å². The average Bonchev–Trinajstić information content (AvgIpc) is 2.61. The van der Waals surface area contributed by atoms with Crippen molar-refractivity contribution in [1.82, 2.24) is 5.32 Å². The molecule has 2 aromatic carbocycles. The lowest BCUT2D eigenvalue weighted by molar-refractivity contribution is -0.120. The number of phenolic OH excluding ortho intramolecular Hbond substituents is 1. The fraction of sp³-hybridized carbons (Fsp3) is 0.176. The maximum atomic E-state index is 12.7. The third-order valence-electron chi connectivity index (χ3n) is 3.87. The van der Waals surface area contributed by atoms with Gasteiger partial charge in [0.2, 0.25) is 5.91 Å². The molecule has 0 unspecified atom stereocenters. The number of hydrogen-bond acceptors (Lipinski definition) is 3. The molecule has 6 heteroatoms. The number of halogens is 1. The minimum Gasteiger partial charge on any atom is -0.508 e. The van der Waals surface area contributed by atoms with Crippen LogP contribution < -0.4 is 10.2 Å². The summed E-state index contributed by atoms with van der Waals surface area (Å²) in [6.45, 7) is 0. The van der Waals surface area contributed by atoms with Gasteiger partial charge in [-0.15, -0.1) is 0 Å². The normalized spacial score (nSPS) is 17.5. The summed E-state index contributed by atoms with van der Waals surface area (Å²) >= 11 is 2.22. The molecule has 0 bridgehead atoms. The second-order valence-electron chi connectivity index (χ2n) is 5.46. The molecule has 2 aromatic rings. The number of nitrogens with zero attached hydrogens (tertiary/aromatic N) is 1. The van der Waals surface area contributed by atoms with E-state index in [1.807, 2.05) is 24.3 Å². The number of amides is 2. The smallest absolute Gasteiger partial charge is 0.254 e. The van der Waals surface area contributed by atoms with Crippen LogP contribution in [0.4, 0.5) is 5.69 Å². The summed E-state index contributed by atoms with van der Waals surface area (Å²) in [7, 11) is 1.64. The zero-order chi connectivity index (χ0) is 16.6. The first-order valence-electron chi connectivity index (χ1n) is 7.11. The molecule has 5 nitrogen and oxygen atoms in total. The third-order valence-corrected chi connectivity index (χ3v) is 4.59. The van der Waals surface area contributed by atoms with Crippen LogP contribution in [0.1, 0.15) is 15.9 Å². The van der Waals surface area contributed by atoms with Crippen molar-refractivity contribution in [3.8, 4) is 5.75 Å². The molecular formula is C17H15IN2O3. The van der Waals surface area contributed by atoms with E-state index in [2.05, 4.69) is 27.9 Å². The lowest BCUT2D eigenvalue weighted by atomic mass is 10.1. The Balaban J connectivity index is 1.92. The summed E-state index contributed by atoms with van der Waals surface area (Å²) in [6, 6.07) is 11.6. The highest BCUT2D eigenvalue weighted by molar-refractivity contribution is 14.1. The zero-order valence-electron chi connectivity index (χ0n) is 12.4. The summed E-state index contributed by atoms with van der Waals surface area (Å²) in [5.41, 5.74) is 1.77. The van der Waals surface area contributed by atoms with Gasteiger partial charge in [0.05, 0.1) is 11.3 Å². The van der Waals surface area contributed by atoms with E-state index >= 15 is 0 Å². The molecule has 0 fully saturated rings. The Morgan fingerprint density at radius 3 is 2.57 bits per heavy atom. The summed E-state index contributed by atoms with van der Waals surface area (Å²) in [5.74, 6) is -0.540. The van der Waals surface area contributed by atoms with E-state index in [0.717, 1.165) is 9.13 Å². The van der Waals surface area contributed by atoms with Crippen LogP contribution in [0.25, 0.3) is 0 Å². The minimum atomic E-state index is -0.637. The molecule has 118 valence electrons. The highest BCUT2D eigenvalue weighted by Gasteiger charge is 2.32. The Hall–Kier alpha value is -2.09. The molecule has 0 saturated heterocycles. The predicted octanol–water partition coefficient (Wildman–Crippen LogP) is 2.31. The van der Waals surface area contributed by atoms with Crippen molar-refractivity contribution in [2.75, 3.05) is 11.9 Å². The molecule has 0 aliphatic carbocycles. The van der Waals surface area contributed by atoms with Crippen LogP contribution in [0, 0.1) is 3.57 Å². The maximum absolute atomic E-state index is 12.7. The summed E-state index contributed by atoms with van der Waals surface area (Å²) in [4.78, 5) is 26.5. The Bertz CT molecular complexity index is 774. The average molecular weight is 422 g/mol. The largest absolute Gasteiger partial charge is 0.508 e. The lowest BCUT2D eigenvalue weighted by Crippen LogP contribution is -2.45. The van der Waals surface area contributed by atoms with E-state index in [1.165, 1.54) is 17.0 Å². The van der Waals surface area contributed by atoms with Gasteiger partial charge in [0.25, 0.3) is 5.91 Å². The first kappa shape index (κ1) is 15.8. The SMILES string of the molecule is CN1C(=O)[C@H](Cc2ccc(I)cc2)NC(=O)c2cc(O)ccc21. The van der Waals surface area contributed by atoms with Crippen molar-refractivity contribution in [1.29, 1.82) is 0 Å². The van der Waals surface area contributed by atoms with Crippen LogP contribution in [0.5, 0.6) is 5.75 Å². The number of phenols is 1. The van der Waals surface area contributed by atoms with Crippen molar-refractivity contribution in [2.24, 2.45) is 0 Å². The van der Waals surface area contributed by atoms with Gasteiger partial charge in [0.1, 0.15) is 11.8 Å². The number of rotatable bonds is 2. The summed E-state index contributed by atoms with van der Waals surface area (Å²) in [5, 5.41) is 12.4. The van der Waals surface area contributed by atoms with Crippen LogP contribution in [-0.4, -0.2) is 30.0 Å². The van der Waals surface area contributed by atoms with Gasteiger partial charge in [0.15, 0.2) is 0 Å². The van der Waals surface area contributed by atoms with Crippen molar-refractivity contribution >= 4 is 40.1 Å². The molecule has 0 aromatic heterocycles. The monoisotopic (exact) mass is 422 g/mol. The lowest BCUT2D eigenvalue weighted by Gasteiger charge is -2.21. The van der Waals surface area contributed by atoms with Crippen LogP contribution in [-0.2, 0) is 11.2 Å². The predicted molar refractivity (Wildman–Crippen MR) is 95.6 cm³/mol. The van der Waals surface area contributed by atoms with Gasteiger partial charge in [-0.25, -0.2) is 0 Å². The van der Waals surface area contributed by atoms with Crippen molar-refractivity contribution in [3.05, 3.63) is 57.2 Å². The number of fused-ring (bicyclic) bond motifs is 1. The van der Waals surface area contributed by atoms with Gasteiger partial charge in [-0.2, -0.15) is 0 Å². The standard InChI is InChI=1S/C17H15IN2O3/c1-20-15-7-6-12(21)9-13(15)16(22)19-14(17(20)23)8-10-2-4-11(18)5-3-10/h2-7,9,14,21H,8H2,1H3,(H,19,22)/t14-/m0/s1. The van der Waals surface area contributed by atoms with Crippen molar-refractivity contribution in [2.45, 2.75) is 12.5 Å². The zero-order valence-corrected chi connectivity index (χ0v) is 14.6. The fourth-order valence-electron chi connectivity index (χ4n) is 2.64. The molecule has 23 heavy (non-hydrogen) atoms.